The fourth-order valence-corrected chi connectivity index (χ4v) is 5.42. The fraction of sp³-hybridized carbons (Fsp3) is 0.219. The van der Waals surface area contributed by atoms with Gasteiger partial charge in [-0.2, -0.15) is 0 Å². The van der Waals surface area contributed by atoms with Crippen molar-refractivity contribution in [2.24, 2.45) is 0 Å². The van der Waals surface area contributed by atoms with E-state index >= 15 is 0 Å². The molecule has 0 bridgehead atoms. The van der Waals surface area contributed by atoms with Crippen molar-refractivity contribution >= 4 is 28.3 Å². The number of carbonyl (C=O) groups excluding carboxylic acids is 1. The first-order valence-electron chi connectivity index (χ1n) is 13.4. The topological polar surface area (TPSA) is 90.7 Å². The number of para-hydroxylation sites is 1. The van der Waals surface area contributed by atoms with Crippen LogP contribution in [0.1, 0.15) is 16.7 Å². The molecule has 0 radical (unpaired) electrons. The summed E-state index contributed by atoms with van der Waals surface area (Å²) in [6.07, 6.45) is 3.12. The SMILES string of the molecule is COc1cc(NC(=O)Cc2cn(-c3ccc(N4CCc5ccccc5C4)nn3)c3ccccc23)cc(OC)c1OC. The van der Waals surface area contributed by atoms with Crippen molar-refractivity contribution in [3.05, 3.63) is 95.7 Å². The summed E-state index contributed by atoms with van der Waals surface area (Å²) in [5, 5.41) is 13.1. The lowest BCUT2D eigenvalue weighted by Crippen LogP contribution is -2.31. The number of nitrogens with one attached hydrogen (secondary N) is 1. The lowest BCUT2D eigenvalue weighted by molar-refractivity contribution is -0.115. The zero-order valence-electron chi connectivity index (χ0n) is 23.3. The second-order valence-corrected chi connectivity index (χ2v) is 9.87. The van der Waals surface area contributed by atoms with Gasteiger partial charge in [0.2, 0.25) is 11.7 Å². The third-order valence-electron chi connectivity index (χ3n) is 7.43. The molecule has 1 aliphatic heterocycles. The van der Waals surface area contributed by atoms with Crippen LogP contribution in [0.5, 0.6) is 17.2 Å². The predicted octanol–water partition coefficient (Wildman–Crippen LogP) is 5.19. The summed E-state index contributed by atoms with van der Waals surface area (Å²) in [7, 11) is 4.62. The molecule has 0 unspecified atom stereocenters. The molecule has 3 aromatic carbocycles. The van der Waals surface area contributed by atoms with Gasteiger partial charge in [0.1, 0.15) is 0 Å². The van der Waals surface area contributed by atoms with E-state index in [9.17, 15) is 4.79 Å². The Bertz CT molecular complexity index is 1690. The van der Waals surface area contributed by atoms with Gasteiger partial charge in [0, 0.05) is 42.5 Å². The Labute approximate surface area is 238 Å². The van der Waals surface area contributed by atoms with E-state index in [-0.39, 0.29) is 12.3 Å². The van der Waals surface area contributed by atoms with Gasteiger partial charge in [0.05, 0.1) is 33.3 Å². The van der Waals surface area contributed by atoms with Gasteiger partial charge >= 0.3 is 0 Å². The number of carbonyl (C=O) groups is 1. The maximum absolute atomic E-state index is 13.2. The molecule has 6 rings (SSSR count). The lowest BCUT2D eigenvalue weighted by Gasteiger charge is -2.29. The molecule has 208 valence electrons. The summed E-state index contributed by atoms with van der Waals surface area (Å²) in [5.74, 6) is 2.77. The summed E-state index contributed by atoms with van der Waals surface area (Å²) in [4.78, 5) is 15.4. The molecule has 1 amide bonds. The van der Waals surface area contributed by atoms with Crippen LogP contribution in [0.3, 0.4) is 0 Å². The molecule has 1 aliphatic rings. The van der Waals surface area contributed by atoms with Crippen molar-refractivity contribution in [3.63, 3.8) is 0 Å². The summed E-state index contributed by atoms with van der Waals surface area (Å²) in [6.45, 7) is 1.73. The van der Waals surface area contributed by atoms with Crippen molar-refractivity contribution < 1.29 is 19.0 Å². The summed E-state index contributed by atoms with van der Waals surface area (Å²) in [6, 6.07) is 23.9. The maximum Gasteiger partial charge on any atom is 0.228 e. The van der Waals surface area contributed by atoms with Crippen LogP contribution in [-0.2, 0) is 24.2 Å². The Morgan fingerprint density at radius 2 is 1.54 bits per heavy atom. The molecule has 0 fully saturated rings. The van der Waals surface area contributed by atoms with Crippen molar-refractivity contribution in [2.45, 2.75) is 19.4 Å². The fourth-order valence-electron chi connectivity index (χ4n) is 5.42. The summed E-state index contributed by atoms with van der Waals surface area (Å²) < 4.78 is 18.2. The Balaban J connectivity index is 1.23. The Morgan fingerprint density at radius 1 is 0.854 bits per heavy atom. The summed E-state index contributed by atoms with van der Waals surface area (Å²) in [5.41, 5.74) is 5.11. The molecular formula is C32H31N5O4. The van der Waals surface area contributed by atoms with E-state index in [1.54, 1.807) is 33.5 Å². The van der Waals surface area contributed by atoms with Gasteiger partial charge in [-0.3, -0.25) is 9.36 Å². The number of benzene rings is 3. The predicted molar refractivity (Wildman–Crippen MR) is 158 cm³/mol. The van der Waals surface area contributed by atoms with Gasteiger partial charge in [-0.25, -0.2) is 0 Å². The number of amides is 1. The number of hydrogen-bond donors (Lipinski definition) is 1. The number of methoxy groups -OCH3 is 3. The van der Waals surface area contributed by atoms with Crippen molar-refractivity contribution in [1.82, 2.24) is 14.8 Å². The molecule has 0 saturated carbocycles. The second kappa shape index (κ2) is 11.2. The average molecular weight is 550 g/mol. The van der Waals surface area contributed by atoms with Crippen LogP contribution in [0.4, 0.5) is 11.5 Å². The van der Waals surface area contributed by atoms with Crippen LogP contribution < -0.4 is 24.4 Å². The van der Waals surface area contributed by atoms with Gasteiger partial charge in [-0.15, -0.1) is 10.2 Å². The van der Waals surface area contributed by atoms with Crippen LogP contribution in [0.15, 0.2) is 79.0 Å². The lowest BCUT2D eigenvalue weighted by atomic mass is 10.00. The van der Waals surface area contributed by atoms with Gasteiger partial charge in [-0.05, 0) is 41.3 Å². The number of aromatic nitrogens is 3. The second-order valence-electron chi connectivity index (χ2n) is 9.87. The number of hydrogen-bond acceptors (Lipinski definition) is 7. The standard InChI is InChI=1S/C32H31N5O4/c1-39-27-17-24(18-28(40-2)32(27)41-3)33-31(38)16-23-20-37(26-11-7-6-10-25(23)26)30-13-12-29(34-35-30)36-15-14-21-8-4-5-9-22(21)19-36/h4-13,17-18,20H,14-16,19H2,1-3H3,(H,33,38). The number of fused-ring (bicyclic) bond motifs is 2. The number of anilines is 2. The highest BCUT2D eigenvalue weighted by Crippen LogP contribution is 2.40. The minimum Gasteiger partial charge on any atom is -0.493 e. The van der Waals surface area contributed by atoms with E-state index in [4.69, 9.17) is 14.2 Å². The number of nitrogens with zero attached hydrogens (tertiary/aromatic N) is 4. The molecule has 0 atom stereocenters. The summed E-state index contributed by atoms with van der Waals surface area (Å²) >= 11 is 0. The Morgan fingerprint density at radius 3 is 2.24 bits per heavy atom. The van der Waals surface area contributed by atoms with Gasteiger partial charge < -0.3 is 24.4 Å². The molecule has 0 spiro atoms. The molecular weight excluding hydrogens is 518 g/mol. The molecule has 0 saturated heterocycles. The van der Waals surface area contributed by atoms with E-state index in [1.807, 2.05) is 47.2 Å². The van der Waals surface area contributed by atoms with E-state index in [0.717, 1.165) is 41.8 Å². The highest BCUT2D eigenvalue weighted by atomic mass is 16.5. The maximum atomic E-state index is 13.2. The minimum absolute atomic E-state index is 0.170. The van der Waals surface area contributed by atoms with Gasteiger partial charge in [0.25, 0.3) is 0 Å². The highest BCUT2D eigenvalue weighted by Gasteiger charge is 2.19. The first-order valence-corrected chi connectivity index (χ1v) is 13.4. The smallest absolute Gasteiger partial charge is 0.228 e. The quantitative estimate of drug-likeness (QED) is 0.285. The van der Waals surface area contributed by atoms with Crippen molar-refractivity contribution in [3.8, 4) is 23.1 Å². The van der Waals surface area contributed by atoms with E-state index in [0.29, 0.717) is 28.8 Å². The van der Waals surface area contributed by atoms with Crippen LogP contribution in [0.2, 0.25) is 0 Å². The van der Waals surface area contributed by atoms with Crippen LogP contribution >= 0.6 is 0 Å². The third kappa shape index (κ3) is 5.14. The molecule has 0 aliphatic carbocycles. The first kappa shape index (κ1) is 26.2. The normalized spacial score (nSPS) is 12.6. The van der Waals surface area contributed by atoms with Gasteiger partial charge in [0.15, 0.2) is 23.1 Å². The molecule has 3 heterocycles. The van der Waals surface area contributed by atoms with Crippen LogP contribution in [0, 0.1) is 0 Å². The van der Waals surface area contributed by atoms with E-state index in [1.165, 1.54) is 11.1 Å². The Hall–Kier alpha value is -5.05. The van der Waals surface area contributed by atoms with E-state index in [2.05, 4.69) is 44.7 Å². The molecule has 41 heavy (non-hydrogen) atoms. The highest BCUT2D eigenvalue weighted by molar-refractivity contribution is 5.96. The number of ether oxygens (including phenoxy) is 3. The third-order valence-corrected chi connectivity index (χ3v) is 7.43. The monoisotopic (exact) mass is 549 g/mol. The zero-order chi connectivity index (χ0) is 28.3. The average Bonchev–Trinajstić information content (AvgIpc) is 3.38. The zero-order valence-corrected chi connectivity index (χ0v) is 23.3. The first-order chi connectivity index (χ1) is 20.1. The van der Waals surface area contributed by atoms with E-state index < -0.39 is 0 Å². The largest absolute Gasteiger partial charge is 0.493 e. The van der Waals surface area contributed by atoms with Crippen molar-refractivity contribution in [2.75, 3.05) is 38.1 Å². The van der Waals surface area contributed by atoms with Crippen LogP contribution in [-0.4, -0.2) is 48.5 Å². The van der Waals surface area contributed by atoms with Crippen molar-refractivity contribution in [1.29, 1.82) is 0 Å². The molecule has 5 aromatic rings. The minimum atomic E-state index is -0.172. The Kier molecular flexibility index (Phi) is 7.16. The molecule has 9 nitrogen and oxygen atoms in total. The number of rotatable bonds is 8. The molecule has 2 aromatic heterocycles. The molecule has 1 N–H and O–H groups in total. The van der Waals surface area contributed by atoms with Gasteiger partial charge in [-0.1, -0.05) is 42.5 Å². The molecule has 9 heteroatoms. The van der Waals surface area contributed by atoms with Crippen LogP contribution in [0.25, 0.3) is 16.7 Å².